The molecular weight excluding hydrogens is 344 g/mol. The lowest BCUT2D eigenvalue weighted by atomic mass is 10.2. The van der Waals surface area contributed by atoms with Crippen molar-refractivity contribution in [3.05, 3.63) is 64.6 Å². The molecule has 0 fully saturated rings. The third-order valence-electron chi connectivity index (χ3n) is 4.08. The topological polar surface area (TPSA) is 97.0 Å². The third kappa shape index (κ3) is 4.30. The lowest BCUT2D eigenvalue weighted by Gasteiger charge is -2.11. The maximum absolute atomic E-state index is 12.0. The zero-order chi connectivity index (χ0) is 19.2. The molecule has 1 N–H and O–H groups in total. The highest BCUT2D eigenvalue weighted by molar-refractivity contribution is 5.89. The van der Waals surface area contributed by atoms with Gasteiger partial charge in [-0.15, -0.1) is 0 Å². The van der Waals surface area contributed by atoms with E-state index in [1.54, 1.807) is 17.7 Å². The first-order valence-corrected chi connectivity index (χ1v) is 8.46. The van der Waals surface area contributed by atoms with E-state index >= 15 is 0 Å². The maximum atomic E-state index is 12.0. The summed E-state index contributed by atoms with van der Waals surface area (Å²) in [5, 5.41) is 12.4. The van der Waals surface area contributed by atoms with Crippen molar-refractivity contribution in [2.24, 2.45) is 7.05 Å². The molecule has 0 radical (unpaired) electrons. The van der Waals surface area contributed by atoms with Crippen molar-refractivity contribution in [2.75, 3.05) is 11.9 Å². The summed E-state index contributed by atoms with van der Waals surface area (Å²) in [7, 11) is 1.72. The number of hydrogen-bond donors (Lipinski definition) is 1. The molecule has 0 spiro atoms. The number of benzene rings is 1. The van der Waals surface area contributed by atoms with E-state index in [1.165, 1.54) is 18.3 Å². The van der Waals surface area contributed by atoms with Gasteiger partial charge in [-0.1, -0.05) is 12.1 Å². The summed E-state index contributed by atoms with van der Waals surface area (Å²) in [5.74, 6) is 0.644. The third-order valence-corrected chi connectivity index (χ3v) is 4.08. The SMILES string of the molecule is Cn1c(=O)cc(OCCCC(=O)Nc2cc(C#N)ccn2)c2ccccc21. The second kappa shape index (κ2) is 8.15. The molecule has 0 aliphatic heterocycles. The van der Waals surface area contributed by atoms with E-state index in [9.17, 15) is 9.59 Å². The molecule has 7 heteroatoms. The van der Waals surface area contributed by atoms with E-state index in [0.717, 1.165) is 10.9 Å². The van der Waals surface area contributed by atoms with E-state index in [2.05, 4.69) is 10.3 Å². The Hall–Kier alpha value is -3.66. The summed E-state index contributed by atoms with van der Waals surface area (Å²) >= 11 is 0. The highest BCUT2D eigenvalue weighted by Gasteiger charge is 2.08. The van der Waals surface area contributed by atoms with Crippen LogP contribution in [0.5, 0.6) is 5.75 Å². The molecule has 3 rings (SSSR count). The van der Waals surface area contributed by atoms with Gasteiger partial charge in [0.25, 0.3) is 5.56 Å². The number of fused-ring (bicyclic) bond motifs is 1. The second-order valence-corrected chi connectivity index (χ2v) is 5.96. The van der Waals surface area contributed by atoms with Crippen molar-refractivity contribution < 1.29 is 9.53 Å². The highest BCUT2D eigenvalue weighted by Crippen LogP contribution is 2.23. The minimum atomic E-state index is -0.213. The fourth-order valence-corrected chi connectivity index (χ4v) is 2.69. The predicted molar refractivity (Wildman–Crippen MR) is 101 cm³/mol. The summed E-state index contributed by atoms with van der Waals surface area (Å²) in [4.78, 5) is 28.0. The molecule has 1 amide bonds. The maximum Gasteiger partial charge on any atom is 0.254 e. The number of hydrogen-bond acceptors (Lipinski definition) is 5. The van der Waals surface area contributed by atoms with Gasteiger partial charge in [0.2, 0.25) is 5.91 Å². The fraction of sp³-hybridized carbons (Fsp3) is 0.200. The molecule has 1 aromatic carbocycles. The molecule has 0 unspecified atom stereocenters. The number of carbonyl (C=O) groups is 1. The number of pyridine rings is 2. The first-order chi connectivity index (χ1) is 13.1. The van der Waals surface area contributed by atoms with Crippen LogP contribution in [-0.2, 0) is 11.8 Å². The number of anilines is 1. The van der Waals surface area contributed by atoms with Gasteiger partial charge in [-0.2, -0.15) is 5.26 Å². The Morgan fingerprint density at radius 3 is 2.93 bits per heavy atom. The van der Waals surface area contributed by atoms with Crippen LogP contribution >= 0.6 is 0 Å². The van der Waals surface area contributed by atoms with Crippen molar-refractivity contribution >= 4 is 22.6 Å². The number of ether oxygens (including phenoxy) is 1. The van der Waals surface area contributed by atoms with E-state index in [0.29, 0.717) is 30.2 Å². The van der Waals surface area contributed by atoms with Crippen LogP contribution < -0.4 is 15.6 Å². The Labute approximate surface area is 155 Å². The van der Waals surface area contributed by atoms with Gasteiger partial charge in [-0.3, -0.25) is 9.59 Å². The van der Waals surface area contributed by atoms with Gasteiger partial charge in [0.05, 0.1) is 23.8 Å². The Kier molecular flexibility index (Phi) is 5.47. The fourth-order valence-electron chi connectivity index (χ4n) is 2.69. The van der Waals surface area contributed by atoms with E-state index < -0.39 is 0 Å². The standard InChI is InChI=1S/C20H18N4O3/c1-24-16-6-3-2-5-15(16)17(12-20(24)26)27-10-4-7-19(25)23-18-11-14(13-21)8-9-22-18/h2-3,5-6,8-9,11-12H,4,7,10H2,1H3,(H,22,23,25). The van der Waals surface area contributed by atoms with Gasteiger partial charge in [0.15, 0.2) is 0 Å². The summed E-state index contributed by atoms with van der Waals surface area (Å²) in [6.45, 7) is 0.302. The first-order valence-electron chi connectivity index (χ1n) is 8.46. The normalized spacial score (nSPS) is 10.4. The smallest absolute Gasteiger partial charge is 0.254 e. The largest absolute Gasteiger partial charge is 0.493 e. The van der Waals surface area contributed by atoms with E-state index in [1.807, 2.05) is 30.3 Å². The molecule has 3 aromatic rings. The highest BCUT2D eigenvalue weighted by atomic mass is 16.5. The monoisotopic (exact) mass is 362 g/mol. The number of nitriles is 1. The van der Waals surface area contributed by atoms with Crippen LogP contribution in [-0.4, -0.2) is 22.1 Å². The van der Waals surface area contributed by atoms with Crippen molar-refractivity contribution in [2.45, 2.75) is 12.8 Å². The van der Waals surface area contributed by atoms with Crippen LogP contribution in [0.1, 0.15) is 18.4 Å². The molecule has 0 atom stereocenters. The molecule has 0 aliphatic rings. The molecule has 2 heterocycles. The van der Waals surface area contributed by atoms with Crippen LogP contribution in [0.25, 0.3) is 10.9 Å². The van der Waals surface area contributed by atoms with Gasteiger partial charge < -0.3 is 14.6 Å². The summed E-state index contributed by atoms with van der Waals surface area (Å²) < 4.78 is 7.31. The number of rotatable bonds is 6. The van der Waals surface area contributed by atoms with Crippen molar-refractivity contribution in [1.82, 2.24) is 9.55 Å². The molecule has 0 bridgehead atoms. The number of nitrogens with zero attached hydrogens (tertiary/aromatic N) is 3. The first kappa shape index (κ1) is 18.1. The molecule has 7 nitrogen and oxygen atoms in total. The number of amides is 1. The van der Waals surface area contributed by atoms with Crippen molar-refractivity contribution in [3.8, 4) is 11.8 Å². The summed E-state index contributed by atoms with van der Waals surface area (Å²) in [6.07, 6.45) is 2.19. The zero-order valence-electron chi connectivity index (χ0n) is 14.8. The second-order valence-electron chi connectivity index (χ2n) is 5.96. The average molecular weight is 362 g/mol. The van der Waals surface area contributed by atoms with Crippen LogP contribution in [0.4, 0.5) is 5.82 Å². The van der Waals surface area contributed by atoms with Gasteiger partial charge >= 0.3 is 0 Å². The van der Waals surface area contributed by atoms with Crippen LogP contribution in [0, 0.1) is 11.3 Å². The molecule has 27 heavy (non-hydrogen) atoms. The lowest BCUT2D eigenvalue weighted by molar-refractivity contribution is -0.116. The summed E-state index contributed by atoms with van der Waals surface area (Å²) in [6, 6.07) is 14.0. The van der Waals surface area contributed by atoms with Gasteiger partial charge in [-0.05, 0) is 30.7 Å². The summed E-state index contributed by atoms with van der Waals surface area (Å²) in [5.41, 5.74) is 1.08. The predicted octanol–water partition coefficient (Wildman–Crippen LogP) is 2.60. The zero-order valence-corrected chi connectivity index (χ0v) is 14.8. The number of aromatic nitrogens is 2. The van der Waals surface area contributed by atoms with E-state index in [4.69, 9.17) is 10.00 Å². The average Bonchev–Trinajstić information content (AvgIpc) is 2.69. The number of aryl methyl sites for hydroxylation is 1. The van der Waals surface area contributed by atoms with Gasteiger partial charge in [-0.25, -0.2) is 4.98 Å². The molecule has 0 aliphatic carbocycles. The quantitative estimate of drug-likeness (QED) is 0.680. The number of carbonyl (C=O) groups excluding carboxylic acids is 1. The van der Waals surface area contributed by atoms with Crippen LogP contribution in [0.3, 0.4) is 0 Å². The number of para-hydroxylation sites is 1. The Balaban J connectivity index is 1.57. The molecule has 0 saturated carbocycles. The van der Waals surface area contributed by atoms with Crippen molar-refractivity contribution in [3.63, 3.8) is 0 Å². The van der Waals surface area contributed by atoms with Crippen LogP contribution in [0.15, 0.2) is 53.5 Å². The molecule has 2 aromatic heterocycles. The van der Waals surface area contributed by atoms with Gasteiger partial charge in [0, 0.05) is 31.1 Å². The number of nitrogens with one attached hydrogen (secondary N) is 1. The van der Waals surface area contributed by atoms with E-state index in [-0.39, 0.29) is 17.9 Å². The minimum absolute atomic E-state index is 0.148. The lowest BCUT2D eigenvalue weighted by Crippen LogP contribution is -2.17. The Bertz CT molecular complexity index is 1080. The van der Waals surface area contributed by atoms with Crippen LogP contribution in [0.2, 0.25) is 0 Å². The molecular formula is C20H18N4O3. The Morgan fingerprint density at radius 2 is 2.11 bits per heavy atom. The minimum Gasteiger partial charge on any atom is -0.493 e. The van der Waals surface area contributed by atoms with Crippen molar-refractivity contribution in [1.29, 1.82) is 5.26 Å². The Morgan fingerprint density at radius 1 is 1.30 bits per heavy atom. The molecule has 0 saturated heterocycles. The van der Waals surface area contributed by atoms with Gasteiger partial charge in [0.1, 0.15) is 11.6 Å². The molecule has 136 valence electrons.